The number of benzene rings is 1. The topological polar surface area (TPSA) is 34.1 Å². The number of rotatable bonds is 2. The lowest BCUT2D eigenvalue weighted by molar-refractivity contribution is 0.609. The molecule has 0 fully saturated rings. The minimum atomic E-state index is -3.68. The van der Waals surface area contributed by atoms with Gasteiger partial charge in [-0.3, -0.25) is 0 Å². The Bertz CT molecular complexity index is 417. The minimum absolute atomic E-state index is 0.0175. The summed E-state index contributed by atoms with van der Waals surface area (Å²) in [4.78, 5) is 0.0175. The molecule has 0 N–H and O–H groups in total. The molecule has 0 atom stereocenters. The van der Waals surface area contributed by atoms with Crippen LogP contribution in [0.1, 0.15) is 5.56 Å². The van der Waals surface area contributed by atoms with E-state index in [0.29, 0.717) is 10.4 Å². The van der Waals surface area contributed by atoms with E-state index in [1.165, 1.54) is 12.1 Å². The molecule has 0 aliphatic heterocycles. The van der Waals surface area contributed by atoms with Crippen LogP contribution in [0.4, 0.5) is 0 Å². The third-order valence-electron chi connectivity index (χ3n) is 1.45. The van der Waals surface area contributed by atoms with Crippen LogP contribution in [0.5, 0.6) is 0 Å². The Morgan fingerprint density at radius 3 is 2.38 bits per heavy atom. The van der Waals surface area contributed by atoms with Gasteiger partial charge in [0, 0.05) is 21.0 Å². The van der Waals surface area contributed by atoms with Gasteiger partial charge in [0.25, 0.3) is 9.05 Å². The van der Waals surface area contributed by atoms with Crippen molar-refractivity contribution in [3.05, 3.63) is 28.8 Å². The van der Waals surface area contributed by atoms with Gasteiger partial charge in [0.2, 0.25) is 0 Å². The summed E-state index contributed by atoms with van der Waals surface area (Å²) in [7, 11) is 1.45. The number of halogens is 3. The van der Waals surface area contributed by atoms with Gasteiger partial charge in [0.1, 0.15) is 0 Å². The maximum absolute atomic E-state index is 10.9. The highest BCUT2D eigenvalue weighted by Gasteiger charge is 2.11. The Morgan fingerprint density at radius 2 is 2.00 bits per heavy atom. The normalized spacial score (nSPS) is 11.6. The van der Waals surface area contributed by atoms with E-state index in [1.54, 1.807) is 6.07 Å². The summed E-state index contributed by atoms with van der Waals surface area (Å²) in [5.41, 5.74) is 0.825. The molecule has 0 aliphatic rings. The molecule has 1 rings (SSSR count). The zero-order valence-electron chi connectivity index (χ0n) is 6.30. The summed E-state index contributed by atoms with van der Waals surface area (Å²) in [6, 6.07) is 4.37. The van der Waals surface area contributed by atoms with Crippen molar-refractivity contribution in [2.24, 2.45) is 0 Å². The molecule has 0 heterocycles. The first-order chi connectivity index (χ1) is 5.95. The number of hydrogen-bond donors (Lipinski definition) is 0. The van der Waals surface area contributed by atoms with E-state index >= 15 is 0 Å². The second-order valence-corrected chi connectivity index (χ2v) is 5.86. The van der Waals surface area contributed by atoms with Crippen LogP contribution in [-0.4, -0.2) is 8.42 Å². The van der Waals surface area contributed by atoms with Crippen LogP contribution in [0, 0.1) is 0 Å². The Hall–Kier alpha value is 0.230. The third-order valence-corrected chi connectivity index (χ3v) is 3.76. The molecule has 1 aromatic carbocycles. The van der Waals surface area contributed by atoms with Crippen molar-refractivity contribution >= 4 is 47.3 Å². The highest BCUT2D eigenvalue weighted by atomic mass is 79.9. The molecular formula is C7H5BrCl2O2S. The van der Waals surface area contributed by atoms with Gasteiger partial charge >= 0.3 is 0 Å². The lowest BCUT2D eigenvalue weighted by Gasteiger charge is -2.01. The highest BCUT2D eigenvalue weighted by Crippen LogP contribution is 2.24. The van der Waals surface area contributed by atoms with E-state index in [1.807, 2.05) is 0 Å². The molecule has 13 heavy (non-hydrogen) atoms. The highest BCUT2D eigenvalue weighted by molar-refractivity contribution is 9.08. The summed E-state index contributed by atoms with van der Waals surface area (Å²) >= 11 is 9.00. The predicted molar refractivity (Wildman–Crippen MR) is 57.1 cm³/mol. The standard InChI is InChI=1S/C7H5BrCl2O2S/c8-4-5-1-2-6(3-7(5)9)13(10,11)12/h1-3H,4H2. The van der Waals surface area contributed by atoms with Crippen LogP contribution in [0.25, 0.3) is 0 Å². The first-order valence-corrected chi connectivity index (χ1v) is 7.05. The van der Waals surface area contributed by atoms with Crippen molar-refractivity contribution in [1.82, 2.24) is 0 Å². The fourth-order valence-corrected chi connectivity index (χ4v) is 2.53. The van der Waals surface area contributed by atoms with Crippen molar-refractivity contribution in [2.45, 2.75) is 10.2 Å². The van der Waals surface area contributed by atoms with E-state index in [-0.39, 0.29) is 4.90 Å². The van der Waals surface area contributed by atoms with Crippen molar-refractivity contribution in [3.63, 3.8) is 0 Å². The summed E-state index contributed by atoms with van der Waals surface area (Å²) < 4.78 is 21.8. The second-order valence-electron chi connectivity index (χ2n) is 2.32. The summed E-state index contributed by atoms with van der Waals surface area (Å²) in [5.74, 6) is 0. The van der Waals surface area contributed by atoms with Gasteiger partial charge in [0.15, 0.2) is 0 Å². The molecule has 0 radical (unpaired) electrons. The fourth-order valence-electron chi connectivity index (χ4n) is 0.788. The maximum Gasteiger partial charge on any atom is 0.261 e. The molecule has 0 aromatic heterocycles. The molecular weight excluding hydrogens is 299 g/mol. The van der Waals surface area contributed by atoms with Gasteiger partial charge in [-0.05, 0) is 17.7 Å². The Kier molecular flexibility index (Phi) is 3.63. The van der Waals surface area contributed by atoms with E-state index in [9.17, 15) is 8.42 Å². The van der Waals surface area contributed by atoms with E-state index < -0.39 is 9.05 Å². The zero-order chi connectivity index (χ0) is 10.1. The van der Waals surface area contributed by atoms with Gasteiger partial charge in [-0.25, -0.2) is 8.42 Å². The lowest BCUT2D eigenvalue weighted by atomic mass is 10.2. The maximum atomic E-state index is 10.9. The van der Waals surface area contributed by atoms with Crippen LogP contribution in [-0.2, 0) is 14.4 Å². The molecule has 0 saturated heterocycles. The first kappa shape index (κ1) is 11.3. The summed E-state index contributed by atoms with van der Waals surface area (Å²) in [6.07, 6.45) is 0. The molecule has 0 spiro atoms. The molecule has 0 unspecified atom stereocenters. The predicted octanol–water partition coefficient (Wildman–Crippen LogP) is 3.16. The summed E-state index contributed by atoms with van der Waals surface area (Å²) in [6.45, 7) is 0. The fraction of sp³-hybridized carbons (Fsp3) is 0.143. The van der Waals surface area contributed by atoms with Crippen molar-refractivity contribution in [2.75, 3.05) is 0 Å². The quantitative estimate of drug-likeness (QED) is 0.621. The monoisotopic (exact) mass is 302 g/mol. The largest absolute Gasteiger partial charge is 0.261 e. The van der Waals surface area contributed by atoms with Crippen LogP contribution in [0.3, 0.4) is 0 Å². The third kappa shape index (κ3) is 2.84. The van der Waals surface area contributed by atoms with E-state index in [4.69, 9.17) is 22.3 Å². The van der Waals surface area contributed by atoms with Gasteiger partial charge in [-0.2, -0.15) is 0 Å². The van der Waals surface area contributed by atoms with Crippen LogP contribution in [0.2, 0.25) is 5.02 Å². The number of hydrogen-bond acceptors (Lipinski definition) is 2. The Labute approximate surface area is 94.4 Å². The van der Waals surface area contributed by atoms with Crippen LogP contribution >= 0.6 is 38.2 Å². The molecule has 0 amide bonds. The number of alkyl halides is 1. The van der Waals surface area contributed by atoms with Crippen molar-refractivity contribution in [3.8, 4) is 0 Å². The lowest BCUT2D eigenvalue weighted by Crippen LogP contribution is -1.91. The Morgan fingerprint density at radius 1 is 1.38 bits per heavy atom. The van der Waals surface area contributed by atoms with Crippen molar-refractivity contribution in [1.29, 1.82) is 0 Å². The van der Waals surface area contributed by atoms with Gasteiger partial charge in [-0.1, -0.05) is 33.6 Å². The average molecular weight is 304 g/mol. The SMILES string of the molecule is O=S(=O)(Cl)c1ccc(CBr)c(Cl)c1. The average Bonchev–Trinajstić information content (AvgIpc) is 2.02. The van der Waals surface area contributed by atoms with Crippen molar-refractivity contribution < 1.29 is 8.42 Å². The Balaban J connectivity index is 3.26. The first-order valence-electron chi connectivity index (χ1n) is 3.24. The van der Waals surface area contributed by atoms with Gasteiger partial charge in [-0.15, -0.1) is 0 Å². The minimum Gasteiger partial charge on any atom is -0.207 e. The molecule has 0 aliphatic carbocycles. The molecule has 0 bridgehead atoms. The van der Waals surface area contributed by atoms with Crippen LogP contribution in [0.15, 0.2) is 23.1 Å². The summed E-state index contributed by atoms with van der Waals surface area (Å²) in [5, 5.41) is 0.965. The van der Waals surface area contributed by atoms with Gasteiger partial charge in [0.05, 0.1) is 4.90 Å². The molecule has 2 nitrogen and oxygen atoms in total. The van der Waals surface area contributed by atoms with Gasteiger partial charge < -0.3 is 0 Å². The van der Waals surface area contributed by atoms with Crippen LogP contribution < -0.4 is 0 Å². The molecule has 6 heteroatoms. The molecule has 1 aromatic rings. The van der Waals surface area contributed by atoms with E-state index in [0.717, 1.165) is 5.56 Å². The molecule has 0 saturated carbocycles. The smallest absolute Gasteiger partial charge is 0.207 e. The second kappa shape index (κ2) is 4.17. The van der Waals surface area contributed by atoms with E-state index in [2.05, 4.69) is 15.9 Å². The molecule has 72 valence electrons. The zero-order valence-corrected chi connectivity index (χ0v) is 10.2.